The zero-order valence-corrected chi connectivity index (χ0v) is 18.5. The molecule has 0 aliphatic carbocycles. The Labute approximate surface area is 189 Å². The summed E-state index contributed by atoms with van der Waals surface area (Å²) in [5, 5.41) is 3.20. The first-order chi connectivity index (χ1) is 15.8. The lowest BCUT2D eigenvalue weighted by molar-refractivity contribution is 0.00574. The van der Waals surface area contributed by atoms with Gasteiger partial charge in [0.2, 0.25) is 6.79 Å². The molecule has 2 fully saturated rings. The van der Waals surface area contributed by atoms with Crippen molar-refractivity contribution in [3.8, 4) is 11.5 Å². The maximum atomic E-state index is 13.2. The Morgan fingerprint density at radius 1 is 1.09 bits per heavy atom. The van der Waals surface area contributed by atoms with E-state index in [2.05, 4.69) is 51.5 Å². The third-order valence-electron chi connectivity index (χ3n) is 7.75. The summed E-state index contributed by atoms with van der Waals surface area (Å²) in [5.74, 6) is 2.31. The molecular formula is C26H31N3O3. The second-order valence-electron chi connectivity index (χ2n) is 9.53. The minimum absolute atomic E-state index is 0.103. The molecule has 0 saturated carbocycles. The molecule has 168 valence electrons. The van der Waals surface area contributed by atoms with Crippen molar-refractivity contribution in [1.29, 1.82) is 0 Å². The van der Waals surface area contributed by atoms with Crippen LogP contribution in [0.4, 0.5) is 4.79 Å². The fourth-order valence-corrected chi connectivity index (χ4v) is 6.15. The van der Waals surface area contributed by atoms with Gasteiger partial charge in [-0.15, -0.1) is 0 Å². The molecule has 0 bridgehead atoms. The van der Waals surface area contributed by atoms with Crippen LogP contribution < -0.4 is 14.8 Å². The molecule has 2 saturated heterocycles. The van der Waals surface area contributed by atoms with E-state index >= 15 is 0 Å². The number of nitrogens with zero attached hydrogens (tertiary/aromatic N) is 2. The number of urea groups is 1. The van der Waals surface area contributed by atoms with Gasteiger partial charge in [-0.3, -0.25) is 4.90 Å². The first-order valence-corrected chi connectivity index (χ1v) is 12.0. The lowest BCUT2D eigenvalue weighted by Crippen LogP contribution is -2.59. The summed E-state index contributed by atoms with van der Waals surface area (Å²) in [4.78, 5) is 17.9. The number of hydrogen-bond donors (Lipinski definition) is 1. The molecule has 0 spiro atoms. The van der Waals surface area contributed by atoms with Crippen LogP contribution in [0.25, 0.3) is 0 Å². The predicted octanol–water partition coefficient (Wildman–Crippen LogP) is 3.75. The molecule has 6 heteroatoms. The minimum atomic E-state index is 0.103. The Morgan fingerprint density at radius 3 is 2.81 bits per heavy atom. The zero-order chi connectivity index (χ0) is 21.5. The second kappa shape index (κ2) is 8.32. The maximum absolute atomic E-state index is 13.2. The molecule has 0 unspecified atom stereocenters. The number of benzene rings is 2. The van der Waals surface area contributed by atoms with Crippen molar-refractivity contribution in [3.05, 3.63) is 59.2 Å². The molecule has 2 amide bonds. The highest BCUT2D eigenvalue weighted by Crippen LogP contribution is 2.46. The van der Waals surface area contributed by atoms with Gasteiger partial charge in [0, 0.05) is 38.3 Å². The fourth-order valence-electron chi connectivity index (χ4n) is 6.15. The molecule has 32 heavy (non-hydrogen) atoms. The number of rotatable bonds is 3. The Kier molecular flexibility index (Phi) is 5.18. The Balaban J connectivity index is 1.17. The highest BCUT2D eigenvalue weighted by atomic mass is 16.7. The number of carbonyl (C=O) groups is 1. The summed E-state index contributed by atoms with van der Waals surface area (Å²) in [7, 11) is 0. The van der Waals surface area contributed by atoms with Gasteiger partial charge in [-0.25, -0.2) is 4.79 Å². The van der Waals surface area contributed by atoms with E-state index in [1.165, 1.54) is 23.1 Å². The van der Waals surface area contributed by atoms with Crippen molar-refractivity contribution < 1.29 is 14.3 Å². The molecule has 2 aromatic carbocycles. The average molecular weight is 434 g/mol. The van der Waals surface area contributed by atoms with Crippen LogP contribution in [0.1, 0.15) is 42.0 Å². The summed E-state index contributed by atoms with van der Waals surface area (Å²) >= 11 is 0. The number of hydrogen-bond acceptors (Lipinski definition) is 4. The topological polar surface area (TPSA) is 54.0 Å². The molecule has 4 aliphatic rings. The van der Waals surface area contributed by atoms with Crippen molar-refractivity contribution in [2.75, 3.05) is 33.0 Å². The Morgan fingerprint density at radius 2 is 1.94 bits per heavy atom. The summed E-state index contributed by atoms with van der Waals surface area (Å²) in [6.45, 7) is 4.02. The number of piperidine rings is 2. The largest absolute Gasteiger partial charge is 0.454 e. The van der Waals surface area contributed by atoms with E-state index in [1.807, 2.05) is 6.07 Å². The van der Waals surface area contributed by atoms with Crippen LogP contribution in [-0.4, -0.2) is 54.8 Å². The van der Waals surface area contributed by atoms with Crippen LogP contribution in [0.2, 0.25) is 0 Å². The van der Waals surface area contributed by atoms with Crippen molar-refractivity contribution in [3.63, 3.8) is 0 Å². The first kappa shape index (κ1) is 19.9. The molecular weight excluding hydrogens is 402 g/mol. The van der Waals surface area contributed by atoms with E-state index in [0.29, 0.717) is 31.3 Å². The molecule has 4 aliphatic heterocycles. The van der Waals surface area contributed by atoms with Gasteiger partial charge in [0.1, 0.15) is 0 Å². The summed E-state index contributed by atoms with van der Waals surface area (Å²) < 4.78 is 11.3. The summed E-state index contributed by atoms with van der Waals surface area (Å²) in [5.41, 5.74) is 4.01. The van der Waals surface area contributed by atoms with Crippen molar-refractivity contribution in [2.45, 2.75) is 44.2 Å². The molecule has 2 aromatic rings. The molecule has 6 nitrogen and oxygen atoms in total. The molecule has 6 rings (SSSR count). The van der Waals surface area contributed by atoms with Crippen LogP contribution in [0.15, 0.2) is 42.5 Å². The zero-order valence-electron chi connectivity index (χ0n) is 18.5. The highest BCUT2D eigenvalue weighted by Gasteiger charge is 2.44. The maximum Gasteiger partial charge on any atom is 0.317 e. The lowest BCUT2D eigenvalue weighted by Gasteiger charge is -2.52. The van der Waals surface area contributed by atoms with Gasteiger partial charge in [0.25, 0.3) is 0 Å². The van der Waals surface area contributed by atoms with E-state index in [9.17, 15) is 4.79 Å². The quantitative estimate of drug-likeness (QED) is 0.801. The van der Waals surface area contributed by atoms with Gasteiger partial charge in [0.15, 0.2) is 11.5 Å². The fraction of sp³-hybridized carbons (Fsp3) is 0.500. The molecule has 1 N–H and O–H groups in total. The minimum Gasteiger partial charge on any atom is -0.454 e. The van der Waals surface area contributed by atoms with E-state index in [4.69, 9.17) is 9.47 Å². The summed E-state index contributed by atoms with van der Waals surface area (Å²) in [6, 6.07) is 15.5. The normalized spacial score (nSPS) is 26.1. The van der Waals surface area contributed by atoms with E-state index in [1.54, 1.807) is 0 Å². The molecule has 0 aromatic heterocycles. The smallest absolute Gasteiger partial charge is 0.317 e. The Bertz CT molecular complexity index is 995. The highest BCUT2D eigenvalue weighted by molar-refractivity contribution is 5.74. The third-order valence-corrected chi connectivity index (χ3v) is 7.75. The monoisotopic (exact) mass is 433 g/mol. The molecule has 4 heterocycles. The van der Waals surface area contributed by atoms with Gasteiger partial charge in [0.05, 0.1) is 0 Å². The Hall–Kier alpha value is -2.73. The van der Waals surface area contributed by atoms with Gasteiger partial charge in [-0.2, -0.15) is 0 Å². The summed E-state index contributed by atoms with van der Waals surface area (Å²) in [6.07, 6.45) is 5.25. The molecule has 3 atom stereocenters. The van der Waals surface area contributed by atoms with Gasteiger partial charge >= 0.3 is 6.03 Å². The van der Waals surface area contributed by atoms with Gasteiger partial charge in [-0.1, -0.05) is 30.3 Å². The number of likely N-dealkylation sites (tertiary alicyclic amines) is 1. The van der Waals surface area contributed by atoms with Crippen molar-refractivity contribution in [2.24, 2.45) is 5.92 Å². The number of amides is 2. The van der Waals surface area contributed by atoms with Crippen LogP contribution in [0, 0.1) is 5.92 Å². The number of ether oxygens (including phenoxy) is 2. The standard InChI is InChI=1S/C26H31N3O3/c30-26(27-10-8-18-5-2-1-3-6-18)29-11-4-7-20-16-28-12-9-19-13-24-25(32-17-31-24)14-21(19)23(28)15-22(20)29/h1-3,5-6,13-14,20,22-23H,4,7-12,15-17H2,(H,27,30)/t20-,22+,23+/m0/s1. The lowest BCUT2D eigenvalue weighted by atomic mass is 9.76. The number of carbonyl (C=O) groups excluding carboxylic acids is 1. The second-order valence-corrected chi connectivity index (χ2v) is 9.53. The van der Waals surface area contributed by atoms with Crippen molar-refractivity contribution in [1.82, 2.24) is 15.1 Å². The SMILES string of the molecule is O=C(NCCc1ccccc1)N1CCC[C@H]2CN3CCc4cc5c(cc4[C@H]3C[C@H]21)OCO5. The van der Waals surface area contributed by atoms with Crippen LogP contribution >= 0.6 is 0 Å². The third kappa shape index (κ3) is 3.60. The first-order valence-electron chi connectivity index (χ1n) is 12.0. The van der Waals surface area contributed by atoms with Gasteiger partial charge in [-0.05, 0) is 66.8 Å². The van der Waals surface area contributed by atoms with Crippen LogP contribution in [-0.2, 0) is 12.8 Å². The van der Waals surface area contributed by atoms with Gasteiger partial charge < -0.3 is 19.7 Å². The van der Waals surface area contributed by atoms with Crippen LogP contribution in [0.3, 0.4) is 0 Å². The van der Waals surface area contributed by atoms with E-state index in [-0.39, 0.29) is 6.03 Å². The van der Waals surface area contributed by atoms with Crippen LogP contribution in [0.5, 0.6) is 11.5 Å². The number of nitrogens with one attached hydrogen (secondary N) is 1. The van der Waals surface area contributed by atoms with Crippen molar-refractivity contribution >= 4 is 6.03 Å². The van der Waals surface area contributed by atoms with E-state index in [0.717, 1.165) is 56.8 Å². The average Bonchev–Trinajstić information content (AvgIpc) is 3.29. The predicted molar refractivity (Wildman–Crippen MR) is 122 cm³/mol. The number of fused-ring (bicyclic) bond motifs is 5. The van der Waals surface area contributed by atoms with E-state index < -0.39 is 0 Å². The molecule has 0 radical (unpaired) electrons.